The van der Waals surface area contributed by atoms with Crippen LogP contribution in [-0.4, -0.2) is 35.2 Å². The van der Waals surface area contributed by atoms with Crippen LogP contribution in [0.2, 0.25) is 5.02 Å². The highest BCUT2D eigenvalue weighted by Crippen LogP contribution is 2.48. The Morgan fingerprint density at radius 1 is 1.50 bits per heavy atom. The summed E-state index contributed by atoms with van der Waals surface area (Å²) in [5.74, 6) is -2.18. The van der Waals surface area contributed by atoms with Crippen LogP contribution < -0.4 is 9.64 Å². The quantitative estimate of drug-likeness (QED) is 0.719. The molecule has 1 aromatic rings. The van der Waals surface area contributed by atoms with Gasteiger partial charge in [-0.2, -0.15) is 0 Å². The molecule has 7 heteroatoms. The van der Waals surface area contributed by atoms with E-state index in [2.05, 4.69) is 0 Å². The van der Waals surface area contributed by atoms with Crippen molar-refractivity contribution < 1.29 is 24.5 Å². The Hall–Kier alpha value is -1.79. The molecule has 0 radical (unpaired) electrons. The van der Waals surface area contributed by atoms with Crippen LogP contribution >= 0.6 is 11.6 Å². The van der Waals surface area contributed by atoms with Gasteiger partial charge in [-0.05, 0) is 6.07 Å². The van der Waals surface area contributed by atoms with Crippen LogP contribution in [0.3, 0.4) is 0 Å². The normalized spacial score (nSPS) is 24.8. The summed E-state index contributed by atoms with van der Waals surface area (Å²) in [6, 6.07) is 2.77. The van der Waals surface area contributed by atoms with E-state index in [4.69, 9.17) is 21.4 Å². The van der Waals surface area contributed by atoms with Crippen molar-refractivity contribution in [1.29, 1.82) is 0 Å². The summed E-state index contributed by atoms with van der Waals surface area (Å²) < 4.78 is 5.33. The smallest absolute Gasteiger partial charge is 0.350 e. The molecule has 94 valence electrons. The van der Waals surface area contributed by atoms with E-state index in [-0.39, 0.29) is 23.7 Å². The fraction of sp³-hybridized carbons (Fsp3) is 0.273. The van der Waals surface area contributed by atoms with Gasteiger partial charge < -0.3 is 19.8 Å². The number of aliphatic hydroxyl groups is 1. The third-order valence-corrected chi connectivity index (χ3v) is 3.35. The predicted octanol–water partition coefficient (Wildman–Crippen LogP) is 0.351. The van der Waals surface area contributed by atoms with Gasteiger partial charge in [-0.15, -0.1) is 0 Å². The maximum absolute atomic E-state index is 12.1. The highest BCUT2D eigenvalue weighted by molar-refractivity contribution is 6.31. The third-order valence-electron chi connectivity index (χ3n) is 3.14. The molecule has 0 saturated carbocycles. The van der Waals surface area contributed by atoms with E-state index in [0.29, 0.717) is 11.4 Å². The minimum absolute atomic E-state index is 0.0396. The van der Waals surface area contributed by atoms with Crippen molar-refractivity contribution in [1.82, 2.24) is 0 Å². The molecule has 3 rings (SSSR count). The van der Waals surface area contributed by atoms with Gasteiger partial charge in [0.15, 0.2) is 0 Å². The average molecular weight is 270 g/mol. The van der Waals surface area contributed by atoms with Crippen LogP contribution in [0.25, 0.3) is 0 Å². The molecule has 6 nitrogen and oxygen atoms in total. The van der Waals surface area contributed by atoms with Crippen LogP contribution in [0.5, 0.6) is 5.75 Å². The maximum Gasteiger partial charge on any atom is 0.350 e. The van der Waals surface area contributed by atoms with Gasteiger partial charge in [-0.3, -0.25) is 4.79 Å². The van der Waals surface area contributed by atoms with Crippen molar-refractivity contribution in [2.45, 2.75) is 5.60 Å². The number of amides is 1. The van der Waals surface area contributed by atoms with Crippen LogP contribution in [0.1, 0.15) is 5.56 Å². The first-order chi connectivity index (χ1) is 8.46. The molecule has 2 aliphatic heterocycles. The fourth-order valence-electron chi connectivity index (χ4n) is 2.32. The molecular formula is C11H8ClNO5. The largest absolute Gasteiger partial charge is 0.489 e. The zero-order valence-corrected chi connectivity index (χ0v) is 9.77. The van der Waals surface area contributed by atoms with Crippen molar-refractivity contribution in [3.8, 4) is 5.75 Å². The number of carboxylic acids is 1. The Morgan fingerprint density at radius 2 is 2.22 bits per heavy atom. The first-order valence-electron chi connectivity index (χ1n) is 5.21. The van der Waals surface area contributed by atoms with Gasteiger partial charge in [0.25, 0.3) is 11.5 Å². The van der Waals surface area contributed by atoms with E-state index >= 15 is 0 Å². The highest BCUT2D eigenvalue weighted by Gasteiger charge is 2.57. The number of carbonyl (C=O) groups excluding carboxylic acids is 1. The lowest BCUT2D eigenvalue weighted by atomic mass is 9.95. The van der Waals surface area contributed by atoms with E-state index in [9.17, 15) is 14.7 Å². The van der Waals surface area contributed by atoms with Gasteiger partial charge in [-0.25, -0.2) is 4.79 Å². The van der Waals surface area contributed by atoms with Crippen LogP contribution in [-0.2, 0) is 15.2 Å². The SMILES string of the molecule is O=C(O)C1(O)C(=O)N2CCOc3cc(Cl)cc1c32. The summed E-state index contributed by atoms with van der Waals surface area (Å²) in [7, 11) is 0. The van der Waals surface area contributed by atoms with Crippen molar-refractivity contribution in [2.24, 2.45) is 0 Å². The van der Waals surface area contributed by atoms with Crippen LogP contribution in [0, 0.1) is 0 Å². The standard InChI is InChI=1S/C11H8ClNO5/c12-5-3-6-8-7(4-5)18-2-1-13(8)9(14)11(6,17)10(15)16/h3-4,17H,1-2H2,(H,15,16). The van der Waals surface area contributed by atoms with E-state index in [1.807, 2.05) is 0 Å². The number of anilines is 1. The highest BCUT2D eigenvalue weighted by atomic mass is 35.5. The predicted molar refractivity (Wildman–Crippen MR) is 60.8 cm³/mol. The number of carbonyl (C=O) groups is 2. The summed E-state index contributed by atoms with van der Waals surface area (Å²) >= 11 is 5.84. The monoisotopic (exact) mass is 269 g/mol. The second-order valence-electron chi connectivity index (χ2n) is 4.12. The Kier molecular flexibility index (Phi) is 2.11. The molecule has 1 atom stereocenters. The lowest BCUT2D eigenvalue weighted by molar-refractivity contribution is -0.165. The summed E-state index contributed by atoms with van der Waals surface area (Å²) in [5, 5.41) is 19.5. The number of nitrogens with zero attached hydrogens (tertiary/aromatic N) is 1. The zero-order chi connectivity index (χ0) is 13.1. The number of rotatable bonds is 1. The van der Waals surface area contributed by atoms with Gasteiger partial charge in [0, 0.05) is 16.7 Å². The van der Waals surface area contributed by atoms with E-state index in [1.54, 1.807) is 0 Å². The number of ether oxygens (including phenoxy) is 1. The third kappa shape index (κ3) is 1.16. The number of halogens is 1. The lowest BCUT2D eigenvalue weighted by Gasteiger charge is -2.25. The summed E-state index contributed by atoms with van der Waals surface area (Å²) in [6.45, 7) is 0.435. The van der Waals surface area contributed by atoms with Crippen LogP contribution in [0.15, 0.2) is 12.1 Å². The van der Waals surface area contributed by atoms with Gasteiger partial charge in [0.05, 0.1) is 12.2 Å². The molecule has 2 N–H and O–H groups in total. The Morgan fingerprint density at radius 3 is 2.89 bits per heavy atom. The van der Waals surface area contributed by atoms with Crippen molar-refractivity contribution >= 4 is 29.2 Å². The maximum atomic E-state index is 12.1. The van der Waals surface area contributed by atoms with E-state index in [0.717, 1.165) is 0 Å². The van der Waals surface area contributed by atoms with Gasteiger partial charge in [0.2, 0.25) is 0 Å². The molecule has 18 heavy (non-hydrogen) atoms. The lowest BCUT2D eigenvalue weighted by Crippen LogP contribution is -2.47. The molecule has 0 spiro atoms. The summed E-state index contributed by atoms with van der Waals surface area (Å²) in [6.07, 6.45) is 0. The molecule has 2 aliphatic rings. The second kappa shape index (κ2) is 3.37. The number of hydrogen-bond donors (Lipinski definition) is 2. The van der Waals surface area contributed by atoms with Crippen molar-refractivity contribution in [2.75, 3.05) is 18.1 Å². The Bertz CT molecular complexity index is 587. The number of carboxylic acid groups (broad SMARTS) is 1. The Labute approximate surface area is 106 Å². The van der Waals surface area contributed by atoms with Gasteiger partial charge in [0.1, 0.15) is 12.4 Å². The molecule has 1 aromatic carbocycles. The molecule has 0 aromatic heterocycles. The molecule has 1 amide bonds. The molecular weight excluding hydrogens is 262 g/mol. The summed E-state index contributed by atoms with van der Waals surface area (Å²) in [4.78, 5) is 24.5. The minimum atomic E-state index is -2.58. The fourth-order valence-corrected chi connectivity index (χ4v) is 2.53. The average Bonchev–Trinajstić information content (AvgIpc) is 2.54. The first kappa shape index (κ1) is 11.3. The Balaban J connectivity index is 2.35. The van der Waals surface area contributed by atoms with Gasteiger partial charge in [-0.1, -0.05) is 11.6 Å². The number of aliphatic carboxylic acids is 1. The molecule has 0 bridgehead atoms. The molecule has 0 fully saturated rings. The van der Waals surface area contributed by atoms with E-state index in [1.165, 1.54) is 17.0 Å². The molecule has 0 saturated heterocycles. The summed E-state index contributed by atoms with van der Waals surface area (Å²) in [5.41, 5.74) is -2.33. The molecule has 0 aliphatic carbocycles. The van der Waals surface area contributed by atoms with Gasteiger partial charge >= 0.3 is 5.97 Å². The topological polar surface area (TPSA) is 87.1 Å². The zero-order valence-electron chi connectivity index (χ0n) is 9.01. The first-order valence-corrected chi connectivity index (χ1v) is 5.58. The molecule has 2 heterocycles. The molecule has 1 unspecified atom stereocenters. The second-order valence-corrected chi connectivity index (χ2v) is 4.56. The van der Waals surface area contributed by atoms with Crippen molar-refractivity contribution in [3.63, 3.8) is 0 Å². The van der Waals surface area contributed by atoms with E-state index < -0.39 is 17.5 Å². The minimum Gasteiger partial charge on any atom is -0.489 e. The number of benzene rings is 1. The van der Waals surface area contributed by atoms with Crippen molar-refractivity contribution in [3.05, 3.63) is 22.7 Å². The number of hydrogen-bond acceptors (Lipinski definition) is 4. The van der Waals surface area contributed by atoms with Crippen LogP contribution in [0.4, 0.5) is 5.69 Å².